The van der Waals surface area contributed by atoms with E-state index < -0.39 is 0 Å². The Balaban J connectivity index is 1.84. The van der Waals surface area contributed by atoms with Gasteiger partial charge in [0.05, 0.1) is 17.8 Å². The number of hydrogen-bond donors (Lipinski definition) is 0. The fourth-order valence-corrected chi connectivity index (χ4v) is 3.46. The van der Waals surface area contributed by atoms with Gasteiger partial charge in [-0.05, 0) is 23.8 Å². The van der Waals surface area contributed by atoms with Gasteiger partial charge in [0.25, 0.3) is 0 Å². The van der Waals surface area contributed by atoms with Crippen molar-refractivity contribution in [2.24, 2.45) is 0 Å². The van der Waals surface area contributed by atoms with Crippen molar-refractivity contribution < 1.29 is 4.74 Å². The first-order chi connectivity index (χ1) is 10.3. The fourth-order valence-electron chi connectivity index (χ4n) is 2.14. The van der Waals surface area contributed by atoms with Crippen LogP contribution < -0.4 is 4.74 Å². The van der Waals surface area contributed by atoms with Crippen LogP contribution >= 0.6 is 27.3 Å². The standard InChI is InChI=1S/C17H14BrNOS/c1-20-13-6-4-5-12(9-13)10-17-19-16(11-21-17)14-7-2-3-8-15(14)18/h2-9,11H,10H2,1H3. The average Bonchev–Trinajstić information content (AvgIpc) is 2.96. The lowest BCUT2D eigenvalue weighted by Gasteiger charge is -2.02. The van der Waals surface area contributed by atoms with E-state index in [-0.39, 0.29) is 0 Å². The number of aromatic nitrogens is 1. The highest BCUT2D eigenvalue weighted by Gasteiger charge is 2.08. The molecule has 0 radical (unpaired) electrons. The summed E-state index contributed by atoms with van der Waals surface area (Å²) in [4.78, 5) is 4.74. The van der Waals surface area contributed by atoms with E-state index in [0.29, 0.717) is 0 Å². The molecule has 0 amide bonds. The van der Waals surface area contributed by atoms with Gasteiger partial charge >= 0.3 is 0 Å². The number of hydrogen-bond acceptors (Lipinski definition) is 3. The molecule has 4 heteroatoms. The molecule has 106 valence electrons. The Bertz CT molecular complexity index is 754. The van der Waals surface area contributed by atoms with Crippen LogP contribution in [-0.4, -0.2) is 12.1 Å². The molecule has 1 aromatic heterocycles. The fraction of sp³-hybridized carbons (Fsp3) is 0.118. The quantitative estimate of drug-likeness (QED) is 0.640. The highest BCUT2D eigenvalue weighted by Crippen LogP contribution is 2.29. The number of rotatable bonds is 4. The van der Waals surface area contributed by atoms with Crippen LogP contribution in [0.25, 0.3) is 11.3 Å². The number of methoxy groups -OCH3 is 1. The van der Waals surface area contributed by atoms with Crippen LogP contribution in [0, 0.1) is 0 Å². The summed E-state index contributed by atoms with van der Waals surface area (Å²) >= 11 is 5.26. The Morgan fingerprint density at radius 2 is 2.00 bits per heavy atom. The van der Waals surface area contributed by atoms with E-state index in [9.17, 15) is 0 Å². The van der Waals surface area contributed by atoms with E-state index in [2.05, 4.69) is 39.5 Å². The largest absolute Gasteiger partial charge is 0.497 e. The Kier molecular flexibility index (Phi) is 4.36. The Labute approximate surface area is 136 Å². The van der Waals surface area contributed by atoms with E-state index in [0.717, 1.165) is 32.9 Å². The van der Waals surface area contributed by atoms with Crippen LogP contribution in [-0.2, 0) is 6.42 Å². The van der Waals surface area contributed by atoms with Crippen LogP contribution in [0.5, 0.6) is 5.75 Å². The van der Waals surface area contributed by atoms with Gasteiger partial charge in [0.1, 0.15) is 5.75 Å². The molecule has 2 aromatic carbocycles. The first-order valence-corrected chi connectivity index (χ1v) is 8.26. The SMILES string of the molecule is COc1cccc(Cc2nc(-c3ccccc3Br)cs2)c1. The molecule has 0 spiro atoms. The third-order valence-electron chi connectivity index (χ3n) is 3.19. The van der Waals surface area contributed by atoms with Gasteiger partial charge in [-0.15, -0.1) is 11.3 Å². The van der Waals surface area contributed by atoms with E-state index in [1.807, 2.05) is 30.3 Å². The molecule has 0 bridgehead atoms. The number of halogens is 1. The first-order valence-electron chi connectivity index (χ1n) is 6.58. The molecule has 0 aliphatic carbocycles. The van der Waals surface area contributed by atoms with Crippen molar-refractivity contribution in [1.29, 1.82) is 0 Å². The smallest absolute Gasteiger partial charge is 0.119 e. The van der Waals surface area contributed by atoms with Gasteiger partial charge in [0.2, 0.25) is 0 Å². The second kappa shape index (κ2) is 6.41. The molecule has 1 heterocycles. The van der Waals surface area contributed by atoms with Crippen molar-refractivity contribution in [2.75, 3.05) is 7.11 Å². The molecule has 0 saturated heterocycles. The van der Waals surface area contributed by atoms with Crippen molar-refractivity contribution >= 4 is 27.3 Å². The number of nitrogens with zero attached hydrogens (tertiary/aromatic N) is 1. The van der Waals surface area contributed by atoms with Crippen LogP contribution in [0.4, 0.5) is 0 Å². The lowest BCUT2D eigenvalue weighted by Crippen LogP contribution is -1.89. The van der Waals surface area contributed by atoms with Crippen molar-refractivity contribution in [3.63, 3.8) is 0 Å². The monoisotopic (exact) mass is 359 g/mol. The zero-order chi connectivity index (χ0) is 14.7. The summed E-state index contributed by atoms with van der Waals surface area (Å²) in [5, 5.41) is 3.21. The molecule has 2 nitrogen and oxygen atoms in total. The van der Waals surface area contributed by atoms with Gasteiger partial charge in [-0.3, -0.25) is 0 Å². The summed E-state index contributed by atoms with van der Waals surface area (Å²) in [5.41, 5.74) is 3.36. The summed E-state index contributed by atoms with van der Waals surface area (Å²) in [5.74, 6) is 0.884. The molecule has 0 N–H and O–H groups in total. The van der Waals surface area contributed by atoms with Gasteiger partial charge in [0.15, 0.2) is 0 Å². The van der Waals surface area contributed by atoms with Crippen molar-refractivity contribution in [2.45, 2.75) is 6.42 Å². The highest BCUT2D eigenvalue weighted by atomic mass is 79.9. The molecule has 3 aromatic rings. The molecular weight excluding hydrogens is 346 g/mol. The van der Waals surface area contributed by atoms with E-state index in [4.69, 9.17) is 9.72 Å². The lowest BCUT2D eigenvalue weighted by atomic mass is 10.1. The minimum absolute atomic E-state index is 0.826. The predicted octanol–water partition coefficient (Wildman–Crippen LogP) is 5.17. The summed E-state index contributed by atoms with van der Waals surface area (Å²) < 4.78 is 6.33. The van der Waals surface area contributed by atoms with Gasteiger partial charge in [0, 0.05) is 21.8 Å². The molecule has 0 aliphatic rings. The second-order valence-corrected chi connectivity index (χ2v) is 6.43. The maximum atomic E-state index is 5.26. The van der Waals surface area contributed by atoms with Crippen LogP contribution in [0.15, 0.2) is 58.4 Å². The topological polar surface area (TPSA) is 22.1 Å². The summed E-state index contributed by atoms with van der Waals surface area (Å²) in [6.07, 6.45) is 0.826. The normalized spacial score (nSPS) is 10.6. The van der Waals surface area contributed by atoms with Crippen molar-refractivity contribution in [1.82, 2.24) is 4.98 Å². The minimum atomic E-state index is 0.826. The van der Waals surface area contributed by atoms with Gasteiger partial charge < -0.3 is 4.74 Å². The van der Waals surface area contributed by atoms with Crippen molar-refractivity contribution in [3.05, 3.63) is 69.0 Å². The van der Waals surface area contributed by atoms with E-state index in [1.54, 1.807) is 18.4 Å². The van der Waals surface area contributed by atoms with Gasteiger partial charge in [-0.2, -0.15) is 0 Å². The second-order valence-electron chi connectivity index (χ2n) is 4.63. The van der Waals surface area contributed by atoms with E-state index >= 15 is 0 Å². The lowest BCUT2D eigenvalue weighted by molar-refractivity contribution is 0.414. The highest BCUT2D eigenvalue weighted by molar-refractivity contribution is 9.10. The van der Waals surface area contributed by atoms with Crippen LogP contribution in [0.2, 0.25) is 0 Å². The molecule has 21 heavy (non-hydrogen) atoms. The molecular formula is C17H14BrNOS. The van der Waals surface area contributed by atoms with Crippen LogP contribution in [0.1, 0.15) is 10.6 Å². The molecule has 0 aliphatic heterocycles. The summed E-state index contributed by atoms with van der Waals surface area (Å²) in [6, 6.07) is 16.3. The minimum Gasteiger partial charge on any atom is -0.497 e. The van der Waals surface area contributed by atoms with Gasteiger partial charge in [-0.1, -0.05) is 46.3 Å². The first kappa shape index (κ1) is 14.3. The molecule has 0 unspecified atom stereocenters. The molecule has 0 atom stereocenters. The maximum Gasteiger partial charge on any atom is 0.119 e. The molecule has 0 saturated carbocycles. The average molecular weight is 360 g/mol. The number of benzene rings is 2. The maximum absolute atomic E-state index is 5.26. The van der Waals surface area contributed by atoms with Crippen molar-refractivity contribution in [3.8, 4) is 17.0 Å². The zero-order valence-electron chi connectivity index (χ0n) is 11.5. The summed E-state index contributed by atoms with van der Waals surface area (Å²) in [6.45, 7) is 0. The third kappa shape index (κ3) is 3.34. The number of thiazole rings is 1. The van der Waals surface area contributed by atoms with Gasteiger partial charge in [-0.25, -0.2) is 4.98 Å². The summed E-state index contributed by atoms with van der Waals surface area (Å²) in [7, 11) is 1.69. The Morgan fingerprint density at radius 1 is 1.14 bits per heavy atom. The zero-order valence-corrected chi connectivity index (χ0v) is 13.9. The number of ether oxygens (including phenoxy) is 1. The third-order valence-corrected chi connectivity index (χ3v) is 4.73. The predicted molar refractivity (Wildman–Crippen MR) is 91.1 cm³/mol. The van der Waals surface area contributed by atoms with E-state index in [1.165, 1.54) is 5.56 Å². The Hall–Kier alpha value is -1.65. The molecule has 3 rings (SSSR count). The van der Waals surface area contributed by atoms with Crippen LogP contribution in [0.3, 0.4) is 0 Å². The Morgan fingerprint density at radius 3 is 2.81 bits per heavy atom. The molecule has 0 fully saturated rings.